The molecule has 19 heavy (non-hydrogen) atoms. The maximum Gasteiger partial charge on any atom is 0.330 e. The number of hydrogen-bond donors (Lipinski definition) is 2. The fourth-order valence-corrected chi connectivity index (χ4v) is 1.85. The molecule has 2 rings (SSSR count). The fraction of sp³-hybridized carbons (Fsp3) is 0.133. The molecule has 2 aromatic carbocycles. The minimum absolute atomic E-state index is 0.615. The number of para-hydroxylation sites is 2. The monoisotopic (exact) mass is 257 g/mol. The highest BCUT2D eigenvalue weighted by molar-refractivity contribution is 5.80. The summed E-state index contributed by atoms with van der Waals surface area (Å²) in [7, 11) is 1.55. The van der Waals surface area contributed by atoms with Crippen molar-refractivity contribution in [3.63, 3.8) is 0 Å². The summed E-state index contributed by atoms with van der Waals surface area (Å²) in [6, 6.07) is 15.5. The summed E-state index contributed by atoms with van der Waals surface area (Å²) < 4.78 is 5.21. The van der Waals surface area contributed by atoms with E-state index in [1.165, 1.54) is 0 Å². The van der Waals surface area contributed by atoms with Gasteiger partial charge in [-0.2, -0.15) is 0 Å². The van der Waals surface area contributed by atoms with Gasteiger partial charge in [0, 0.05) is 0 Å². The fourth-order valence-electron chi connectivity index (χ4n) is 1.85. The minimum atomic E-state index is -0.933. The SMILES string of the molecule is COc1ccccc1N[C@@H](C(=O)O)c1ccccc1. The molecule has 4 nitrogen and oxygen atoms in total. The second-order valence-corrected chi connectivity index (χ2v) is 4.03. The average Bonchev–Trinajstić information content (AvgIpc) is 2.45. The van der Waals surface area contributed by atoms with Gasteiger partial charge in [0.15, 0.2) is 6.04 Å². The number of methoxy groups -OCH3 is 1. The highest BCUT2D eigenvalue weighted by Gasteiger charge is 2.20. The molecule has 0 bridgehead atoms. The molecule has 0 heterocycles. The van der Waals surface area contributed by atoms with Gasteiger partial charge in [0.1, 0.15) is 5.75 Å². The summed E-state index contributed by atoms with van der Waals surface area (Å²) in [4.78, 5) is 11.4. The molecular weight excluding hydrogens is 242 g/mol. The molecule has 0 aliphatic carbocycles. The Morgan fingerprint density at radius 2 is 1.74 bits per heavy atom. The first-order valence-corrected chi connectivity index (χ1v) is 5.89. The number of anilines is 1. The van der Waals surface area contributed by atoms with Crippen LogP contribution in [0.2, 0.25) is 0 Å². The quantitative estimate of drug-likeness (QED) is 0.864. The first-order valence-electron chi connectivity index (χ1n) is 5.89. The topological polar surface area (TPSA) is 58.6 Å². The van der Waals surface area contributed by atoms with Crippen molar-refractivity contribution in [3.8, 4) is 5.75 Å². The van der Waals surface area contributed by atoms with Crippen LogP contribution in [0.15, 0.2) is 54.6 Å². The zero-order valence-electron chi connectivity index (χ0n) is 10.5. The van der Waals surface area contributed by atoms with E-state index < -0.39 is 12.0 Å². The van der Waals surface area contributed by atoms with Gasteiger partial charge < -0.3 is 15.2 Å². The molecule has 0 aliphatic heterocycles. The van der Waals surface area contributed by atoms with E-state index in [1.807, 2.05) is 30.3 Å². The highest BCUT2D eigenvalue weighted by atomic mass is 16.5. The standard InChI is InChI=1S/C15H15NO3/c1-19-13-10-6-5-9-12(13)16-14(15(17)18)11-7-3-2-4-8-11/h2-10,14,16H,1H3,(H,17,18)/t14-/m1/s1. The molecule has 0 radical (unpaired) electrons. The normalized spacial score (nSPS) is 11.6. The van der Waals surface area contributed by atoms with Crippen LogP contribution in [0.1, 0.15) is 11.6 Å². The van der Waals surface area contributed by atoms with E-state index >= 15 is 0 Å². The molecule has 0 saturated carbocycles. The summed E-state index contributed by atoms with van der Waals surface area (Å²) in [5.74, 6) is -0.318. The average molecular weight is 257 g/mol. The lowest BCUT2D eigenvalue weighted by atomic mass is 10.1. The molecule has 0 saturated heterocycles. The van der Waals surface area contributed by atoms with Gasteiger partial charge in [-0.25, -0.2) is 4.79 Å². The third kappa shape index (κ3) is 3.04. The number of hydrogen-bond acceptors (Lipinski definition) is 3. The number of aliphatic carboxylic acids is 1. The number of ether oxygens (including phenoxy) is 1. The largest absolute Gasteiger partial charge is 0.495 e. The van der Waals surface area contributed by atoms with Gasteiger partial charge in [-0.3, -0.25) is 0 Å². The van der Waals surface area contributed by atoms with Crippen LogP contribution in [0.25, 0.3) is 0 Å². The molecule has 0 fully saturated rings. The van der Waals surface area contributed by atoms with Gasteiger partial charge in [-0.15, -0.1) is 0 Å². The smallest absolute Gasteiger partial charge is 0.330 e. The van der Waals surface area contributed by atoms with Crippen molar-refractivity contribution in [1.29, 1.82) is 0 Å². The predicted molar refractivity (Wildman–Crippen MR) is 73.4 cm³/mol. The van der Waals surface area contributed by atoms with E-state index in [0.29, 0.717) is 17.0 Å². The highest BCUT2D eigenvalue weighted by Crippen LogP contribution is 2.27. The number of carbonyl (C=O) groups is 1. The lowest BCUT2D eigenvalue weighted by molar-refractivity contribution is -0.138. The van der Waals surface area contributed by atoms with Crippen LogP contribution in [0.3, 0.4) is 0 Å². The third-order valence-electron chi connectivity index (χ3n) is 2.79. The van der Waals surface area contributed by atoms with Crippen LogP contribution in [-0.2, 0) is 4.79 Å². The van der Waals surface area contributed by atoms with Crippen LogP contribution in [0.5, 0.6) is 5.75 Å². The molecule has 2 aromatic rings. The zero-order chi connectivity index (χ0) is 13.7. The van der Waals surface area contributed by atoms with Crippen LogP contribution >= 0.6 is 0 Å². The zero-order valence-corrected chi connectivity index (χ0v) is 10.5. The molecule has 2 N–H and O–H groups in total. The summed E-state index contributed by atoms with van der Waals surface area (Å²) in [5.41, 5.74) is 1.35. The Labute approximate surface area is 111 Å². The van der Waals surface area contributed by atoms with Crippen LogP contribution in [0.4, 0.5) is 5.69 Å². The number of carboxylic acids is 1. The Bertz CT molecular complexity index is 554. The lowest BCUT2D eigenvalue weighted by Crippen LogP contribution is -2.20. The number of rotatable bonds is 5. The van der Waals surface area contributed by atoms with Crippen molar-refractivity contribution in [3.05, 3.63) is 60.2 Å². The van der Waals surface area contributed by atoms with Gasteiger partial charge in [0.25, 0.3) is 0 Å². The number of benzene rings is 2. The van der Waals surface area contributed by atoms with Gasteiger partial charge in [0.05, 0.1) is 12.8 Å². The summed E-state index contributed by atoms with van der Waals surface area (Å²) >= 11 is 0. The van der Waals surface area contributed by atoms with Gasteiger partial charge in [-0.05, 0) is 17.7 Å². The second kappa shape index (κ2) is 5.91. The molecule has 4 heteroatoms. The van der Waals surface area contributed by atoms with E-state index in [1.54, 1.807) is 31.4 Å². The van der Waals surface area contributed by atoms with Crippen molar-refractivity contribution in [2.45, 2.75) is 6.04 Å². The molecule has 0 aromatic heterocycles. The van der Waals surface area contributed by atoms with Crippen molar-refractivity contribution < 1.29 is 14.6 Å². The van der Waals surface area contributed by atoms with E-state index in [0.717, 1.165) is 0 Å². The Balaban J connectivity index is 2.30. The Morgan fingerprint density at radius 1 is 1.11 bits per heavy atom. The Morgan fingerprint density at radius 3 is 2.37 bits per heavy atom. The van der Waals surface area contributed by atoms with Crippen LogP contribution in [0, 0.1) is 0 Å². The first kappa shape index (κ1) is 13.0. The molecule has 98 valence electrons. The number of carboxylic acid groups (broad SMARTS) is 1. The summed E-state index contributed by atoms with van der Waals surface area (Å²) in [6.07, 6.45) is 0. The molecule has 1 atom stereocenters. The van der Waals surface area contributed by atoms with Crippen LogP contribution in [-0.4, -0.2) is 18.2 Å². The molecule has 0 unspecified atom stereocenters. The van der Waals surface area contributed by atoms with Crippen LogP contribution < -0.4 is 10.1 Å². The van der Waals surface area contributed by atoms with Gasteiger partial charge >= 0.3 is 5.97 Å². The van der Waals surface area contributed by atoms with Crippen molar-refractivity contribution in [2.75, 3.05) is 12.4 Å². The second-order valence-electron chi connectivity index (χ2n) is 4.03. The predicted octanol–water partition coefficient (Wildman–Crippen LogP) is 2.93. The maximum absolute atomic E-state index is 11.4. The van der Waals surface area contributed by atoms with E-state index in [2.05, 4.69) is 5.32 Å². The van der Waals surface area contributed by atoms with E-state index in [9.17, 15) is 9.90 Å². The molecule has 0 amide bonds. The van der Waals surface area contributed by atoms with E-state index in [-0.39, 0.29) is 0 Å². The maximum atomic E-state index is 11.4. The van der Waals surface area contributed by atoms with Crippen molar-refractivity contribution in [2.24, 2.45) is 0 Å². The number of nitrogens with one attached hydrogen (secondary N) is 1. The van der Waals surface area contributed by atoms with E-state index in [4.69, 9.17) is 4.74 Å². The van der Waals surface area contributed by atoms with Crippen molar-refractivity contribution >= 4 is 11.7 Å². The Hall–Kier alpha value is -2.49. The molecule has 0 spiro atoms. The first-order chi connectivity index (χ1) is 9.22. The van der Waals surface area contributed by atoms with Crippen molar-refractivity contribution in [1.82, 2.24) is 0 Å². The summed E-state index contributed by atoms with van der Waals surface area (Å²) in [5, 5.41) is 12.3. The minimum Gasteiger partial charge on any atom is -0.495 e. The molecule has 0 aliphatic rings. The molecular formula is C15H15NO3. The lowest BCUT2D eigenvalue weighted by Gasteiger charge is -2.18. The van der Waals surface area contributed by atoms with Gasteiger partial charge in [-0.1, -0.05) is 42.5 Å². The summed E-state index contributed by atoms with van der Waals surface area (Å²) in [6.45, 7) is 0. The Kier molecular flexibility index (Phi) is 4.03. The van der Waals surface area contributed by atoms with Gasteiger partial charge in [0.2, 0.25) is 0 Å². The third-order valence-corrected chi connectivity index (χ3v) is 2.79.